The molecule has 22 heavy (non-hydrogen) atoms. The molecule has 0 aromatic heterocycles. The van der Waals surface area contributed by atoms with Gasteiger partial charge in [0, 0.05) is 6.54 Å². The highest BCUT2D eigenvalue weighted by molar-refractivity contribution is 6.74. The number of rotatable bonds is 2. The van der Waals surface area contributed by atoms with E-state index in [9.17, 15) is 0 Å². The van der Waals surface area contributed by atoms with Crippen molar-refractivity contribution in [3.8, 4) is 0 Å². The average Bonchev–Trinajstić information content (AvgIpc) is 2.78. The summed E-state index contributed by atoms with van der Waals surface area (Å²) >= 11 is 0. The van der Waals surface area contributed by atoms with E-state index < -0.39 is 14.1 Å². The van der Waals surface area contributed by atoms with Gasteiger partial charge >= 0.3 is 0 Å². The van der Waals surface area contributed by atoms with E-state index in [2.05, 4.69) is 38.8 Å². The van der Waals surface area contributed by atoms with Crippen molar-refractivity contribution in [2.24, 2.45) is 0 Å². The Labute approximate surface area is 136 Å². The summed E-state index contributed by atoms with van der Waals surface area (Å²) in [4.78, 5) is 2.55. The minimum Gasteiger partial charge on any atom is -0.412 e. The second-order valence-electron chi connectivity index (χ2n) is 9.18. The Balaban J connectivity index is 1.78. The lowest BCUT2D eigenvalue weighted by Crippen LogP contribution is -2.55. The molecule has 4 nitrogen and oxygen atoms in total. The van der Waals surface area contributed by atoms with E-state index in [0.717, 1.165) is 19.5 Å². The van der Waals surface area contributed by atoms with Gasteiger partial charge in [0.2, 0.25) is 0 Å². The molecule has 3 aliphatic rings. The van der Waals surface area contributed by atoms with E-state index in [1.54, 1.807) is 0 Å². The van der Waals surface area contributed by atoms with Gasteiger partial charge in [0.1, 0.15) is 12.2 Å². The van der Waals surface area contributed by atoms with Crippen LogP contribution in [0.15, 0.2) is 0 Å². The molecule has 0 aromatic carbocycles. The molecule has 0 amide bonds. The van der Waals surface area contributed by atoms with E-state index in [1.807, 2.05) is 13.8 Å². The van der Waals surface area contributed by atoms with Crippen LogP contribution in [0.1, 0.15) is 47.5 Å². The summed E-state index contributed by atoms with van der Waals surface area (Å²) in [5.74, 6) is -0.444. The minimum absolute atomic E-state index is 0.171. The molecule has 0 bridgehead atoms. The quantitative estimate of drug-likeness (QED) is 0.728. The molecule has 0 saturated carbocycles. The van der Waals surface area contributed by atoms with Gasteiger partial charge in [0.05, 0.1) is 12.1 Å². The third kappa shape index (κ3) is 2.91. The smallest absolute Gasteiger partial charge is 0.192 e. The van der Waals surface area contributed by atoms with Crippen molar-refractivity contribution in [1.29, 1.82) is 0 Å². The molecule has 4 atom stereocenters. The maximum Gasteiger partial charge on any atom is 0.192 e. The summed E-state index contributed by atoms with van der Waals surface area (Å²) in [6.07, 6.45) is 3.05. The van der Waals surface area contributed by atoms with Gasteiger partial charge in [0.15, 0.2) is 14.1 Å². The van der Waals surface area contributed by atoms with Crippen LogP contribution in [0.2, 0.25) is 18.1 Å². The molecule has 3 heterocycles. The summed E-state index contributed by atoms with van der Waals surface area (Å²) in [5, 5.41) is 0.250. The Kier molecular flexibility index (Phi) is 4.06. The highest BCUT2D eigenvalue weighted by atomic mass is 28.4. The number of piperidine rings is 1. The van der Waals surface area contributed by atoms with Gasteiger partial charge in [-0.3, -0.25) is 4.90 Å². The van der Waals surface area contributed by atoms with E-state index in [-0.39, 0.29) is 17.2 Å². The lowest BCUT2D eigenvalue weighted by atomic mass is 9.97. The predicted molar refractivity (Wildman–Crippen MR) is 90.5 cm³/mol. The van der Waals surface area contributed by atoms with Gasteiger partial charge in [-0.25, -0.2) is 0 Å². The molecule has 3 rings (SSSR count). The van der Waals surface area contributed by atoms with Crippen molar-refractivity contribution in [3.05, 3.63) is 0 Å². The molecule has 0 aromatic rings. The second kappa shape index (κ2) is 5.28. The average molecular weight is 328 g/mol. The first-order valence-electron chi connectivity index (χ1n) is 8.78. The summed E-state index contributed by atoms with van der Waals surface area (Å²) < 4.78 is 19.1. The molecule has 128 valence electrons. The SMILES string of the molecule is CC1(C)O[C@H]2[C@H]3[C@H](O[Si](C)(C)C(C)(C)C)CCCN3C[C@H]2O1. The van der Waals surface area contributed by atoms with Gasteiger partial charge < -0.3 is 13.9 Å². The Hall–Kier alpha value is 0.0569. The van der Waals surface area contributed by atoms with E-state index in [4.69, 9.17) is 13.9 Å². The van der Waals surface area contributed by atoms with E-state index in [0.29, 0.717) is 12.1 Å². The van der Waals surface area contributed by atoms with Crippen LogP contribution in [0.3, 0.4) is 0 Å². The zero-order valence-electron chi connectivity index (χ0n) is 15.3. The van der Waals surface area contributed by atoms with Crippen LogP contribution in [0, 0.1) is 0 Å². The Morgan fingerprint density at radius 2 is 1.86 bits per heavy atom. The molecular formula is C17H33NO3Si. The minimum atomic E-state index is -1.75. The molecule has 0 aliphatic carbocycles. The topological polar surface area (TPSA) is 30.9 Å². The summed E-state index contributed by atoms with van der Waals surface area (Å²) in [7, 11) is -1.75. The van der Waals surface area contributed by atoms with Crippen LogP contribution in [0.4, 0.5) is 0 Å². The number of nitrogens with zero attached hydrogens (tertiary/aromatic N) is 1. The molecule has 0 radical (unpaired) electrons. The van der Waals surface area contributed by atoms with Gasteiger partial charge in [-0.1, -0.05) is 20.8 Å². The second-order valence-corrected chi connectivity index (χ2v) is 13.9. The molecule has 5 heteroatoms. The van der Waals surface area contributed by atoms with Crippen molar-refractivity contribution in [1.82, 2.24) is 4.90 Å². The van der Waals surface area contributed by atoms with Gasteiger partial charge in [-0.05, 0) is 51.4 Å². The number of ether oxygens (including phenoxy) is 2. The zero-order valence-corrected chi connectivity index (χ0v) is 16.3. The van der Waals surface area contributed by atoms with Crippen molar-refractivity contribution < 1.29 is 13.9 Å². The summed E-state index contributed by atoms with van der Waals surface area (Å²) in [6, 6.07) is 0.370. The fraction of sp³-hybridized carbons (Fsp3) is 1.00. The standard InChI is InChI=1S/C17H33NO3Si/c1-16(2,3)22(6,7)21-12-9-8-10-18-11-13-15(14(12)18)20-17(4,5)19-13/h12-15H,8-11H2,1-7H3/t12-,13-,14-,15-/m1/s1. The summed E-state index contributed by atoms with van der Waals surface area (Å²) in [5.41, 5.74) is 0. The Morgan fingerprint density at radius 3 is 2.50 bits per heavy atom. The number of hydrogen-bond donors (Lipinski definition) is 0. The predicted octanol–water partition coefficient (Wildman–Crippen LogP) is 3.37. The first kappa shape index (κ1) is 16.9. The van der Waals surface area contributed by atoms with Crippen LogP contribution in [-0.2, 0) is 13.9 Å². The highest BCUT2D eigenvalue weighted by Gasteiger charge is 2.56. The molecule has 0 unspecified atom stereocenters. The van der Waals surface area contributed by atoms with Gasteiger partial charge in [0.25, 0.3) is 0 Å². The summed E-state index contributed by atoms with van der Waals surface area (Å²) in [6.45, 7) is 17.9. The molecule has 3 aliphatic heterocycles. The van der Waals surface area contributed by atoms with Crippen molar-refractivity contribution in [2.45, 2.75) is 95.7 Å². The normalized spacial score (nSPS) is 38.9. The third-order valence-electron chi connectivity index (χ3n) is 5.96. The third-order valence-corrected chi connectivity index (χ3v) is 10.5. The maximum absolute atomic E-state index is 6.80. The largest absolute Gasteiger partial charge is 0.412 e. The van der Waals surface area contributed by atoms with Crippen molar-refractivity contribution in [2.75, 3.05) is 13.1 Å². The first-order valence-corrected chi connectivity index (χ1v) is 11.7. The lowest BCUT2D eigenvalue weighted by Gasteiger charge is -2.45. The van der Waals surface area contributed by atoms with Gasteiger partial charge in [-0.2, -0.15) is 0 Å². The molecular weight excluding hydrogens is 294 g/mol. The molecule has 0 spiro atoms. The molecule has 0 N–H and O–H groups in total. The highest BCUT2D eigenvalue weighted by Crippen LogP contribution is 2.44. The lowest BCUT2D eigenvalue weighted by molar-refractivity contribution is -0.169. The first-order chi connectivity index (χ1) is 10.0. The molecule has 3 saturated heterocycles. The fourth-order valence-electron chi connectivity index (χ4n) is 3.89. The van der Waals surface area contributed by atoms with Crippen LogP contribution >= 0.6 is 0 Å². The monoisotopic (exact) mass is 327 g/mol. The Bertz CT molecular complexity index is 432. The number of fused-ring (bicyclic) bond motifs is 3. The van der Waals surface area contributed by atoms with Crippen LogP contribution in [0.25, 0.3) is 0 Å². The van der Waals surface area contributed by atoms with Gasteiger partial charge in [-0.15, -0.1) is 0 Å². The van der Waals surface area contributed by atoms with Crippen LogP contribution in [-0.4, -0.2) is 56.4 Å². The zero-order chi connectivity index (χ0) is 16.3. The van der Waals surface area contributed by atoms with Crippen molar-refractivity contribution in [3.63, 3.8) is 0 Å². The number of hydrogen-bond acceptors (Lipinski definition) is 4. The van der Waals surface area contributed by atoms with Crippen LogP contribution in [0.5, 0.6) is 0 Å². The van der Waals surface area contributed by atoms with Crippen LogP contribution < -0.4 is 0 Å². The van der Waals surface area contributed by atoms with E-state index in [1.165, 1.54) is 6.42 Å². The fourth-order valence-corrected chi connectivity index (χ4v) is 5.26. The molecule has 3 fully saturated rings. The maximum atomic E-state index is 6.80. The Morgan fingerprint density at radius 1 is 1.18 bits per heavy atom. The van der Waals surface area contributed by atoms with Crippen molar-refractivity contribution >= 4 is 8.32 Å². The van der Waals surface area contributed by atoms with E-state index >= 15 is 0 Å².